The molecule has 4 aromatic rings. The van der Waals surface area contributed by atoms with Crippen LogP contribution in [0.3, 0.4) is 0 Å². The van der Waals surface area contributed by atoms with Gasteiger partial charge < -0.3 is 19.2 Å². The number of benzene rings is 3. The van der Waals surface area contributed by atoms with Crippen LogP contribution in [0.4, 0.5) is 4.39 Å². The molecule has 0 aliphatic carbocycles. The molecule has 0 unspecified atom stereocenters. The summed E-state index contributed by atoms with van der Waals surface area (Å²) in [5.74, 6) is 0.718. The molecule has 5 nitrogen and oxygen atoms in total. The summed E-state index contributed by atoms with van der Waals surface area (Å²) in [7, 11) is 0. The Kier molecular flexibility index (Phi) is 5.14. The smallest absolute Gasteiger partial charge is 0.254 e. The van der Waals surface area contributed by atoms with Gasteiger partial charge in [0.05, 0.1) is 24.3 Å². The average Bonchev–Trinajstić information content (AvgIpc) is 2.79. The predicted octanol–water partition coefficient (Wildman–Crippen LogP) is 4.82. The Morgan fingerprint density at radius 2 is 1.61 bits per heavy atom. The molecule has 0 amide bonds. The van der Waals surface area contributed by atoms with Gasteiger partial charge in [-0.2, -0.15) is 0 Å². The summed E-state index contributed by atoms with van der Waals surface area (Å²) in [6.07, 6.45) is 0. The van der Waals surface area contributed by atoms with E-state index in [1.165, 1.54) is 6.07 Å². The van der Waals surface area contributed by atoms with E-state index in [0.717, 1.165) is 5.56 Å². The van der Waals surface area contributed by atoms with Gasteiger partial charge in [0.1, 0.15) is 19.0 Å². The van der Waals surface area contributed by atoms with Gasteiger partial charge >= 0.3 is 0 Å². The van der Waals surface area contributed by atoms with Crippen LogP contribution in [0.2, 0.25) is 0 Å². The molecule has 6 heteroatoms. The first kappa shape index (κ1) is 19.3. The zero-order valence-corrected chi connectivity index (χ0v) is 16.7. The number of rotatable bonds is 5. The van der Waals surface area contributed by atoms with Crippen molar-refractivity contribution >= 4 is 10.9 Å². The van der Waals surface area contributed by atoms with Crippen LogP contribution < -0.4 is 15.0 Å². The third kappa shape index (κ3) is 3.78. The number of fused-ring (bicyclic) bond motifs is 2. The lowest BCUT2D eigenvalue weighted by molar-refractivity contribution is 0.106. The molecule has 156 valence electrons. The highest BCUT2D eigenvalue weighted by Crippen LogP contribution is 2.39. The molecule has 0 spiro atoms. The van der Waals surface area contributed by atoms with Crippen LogP contribution in [0.1, 0.15) is 11.1 Å². The Morgan fingerprint density at radius 1 is 0.903 bits per heavy atom. The number of pyridine rings is 1. The summed E-state index contributed by atoms with van der Waals surface area (Å²) in [5.41, 5.74) is 2.43. The minimum absolute atomic E-state index is 0.0400. The SMILES string of the molecule is O=c1[nH]c2cc3c(cc2c(-c2ccccc2F)c1COCc1ccccc1)OCCO3. The maximum absolute atomic E-state index is 14.8. The van der Waals surface area contributed by atoms with E-state index in [2.05, 4.69) is 4.98 Å². The monoisotopic (exact) mass is 417 g/mol. The molecule has 0 saturated heterocycles. The van der Waals surface area contributed by atoms with Crippen molar-refractivity contribution in [2.45, 2.75) is 13.2 Å². The number of aromatic amines is 1. The third-order valence-corrected chi connectivity index (χ3v) is 5.28. The normalized spacial score (nSPS) is 12.8. The topological polar surface area (TPSA) is 60.6 Å². The third-order valence-electron chi connectivity index (χ3n) is 5.28. The fraction of sp³-hybridized carbons (Fsp3) is 0.160. The maximum Gasteiger partial charge on any atom is 0.254 e. The van der Waals surface area contributed by atoms with Crippen LogP contribution >= 0.6 is 0 Å². The zero-order valence-electron chi connectivity index (χ0n) is 16.7. The lowest BCUT2D eigenvalue weighted by Gasteiger charge is -2.20. The van der Waals surface area contributed by atoms with Crippen LogP contribution in [0.25, 0.3) is 22.0 Å². The fourth-order valence-corrected chi connectivity index (χ4v) is 3.83. The van der Waals surface area contributed by atoms with Crippen LogP contribution in [0.5, 0.6) is 11.5 Å². The van der Waals surface area contributed by atoms with E-state index in [9.17, 15) is 9.18 Å². The van der Waals surface area contributed by atoms with E-state index in [4.69, 9.17) is 14.2 Å². The van der Waals surface area contributed by atoms with E-state index in [1.54, 1.807) is 30.3 Å². The number of H-pyrrole nitrogens is 1. The van der Waals surface area contributed by atoms with E-state index in [1.807, 2.05) is 30.3 Å². The first-order valence-electron chi connectivity index (χ1n) is 10.1. The summed E-state index contributed by atoms with van der Waals surface area (Å²) < 4.78 is 32.0. The number of hydrogen-bond acceptors (Lipinski definition) is 4. The van der Waals surface area contributed by atoms with Crippen molar-refractivity contribution in [3.05, 3.63) is 94.0 Å². The molecule has 1 aliphatic heterocycles. The number of ether oxygens (including phenoxy) is 3. The molecule has 0 bridgehead atoms. The summed E-state index contributed by atoms with van der Waals surface area (Å²) >= 11 is 0. The highest BCUT2D eigenvalue weighted by Gasteiger charge is 2.21. The van der Waals surface area contributed by atoms with Crippen molar-refractivity contribution in [3.8, 4) is 22.6 Å². The largest absolute Gasteiger partial charge is 0.486 e. The van der Waals surface area contributed by atoms with Crippen molar-refractivity contribution in [1.29, 1.82) is 0 Å². The van der Waals surface area contributed by atoms with Gasteiger partial charge in [0, 0.05) is 22.6 Å². The van der Waals surface area contributed by atoms with Gasteiger partial charge in [0.15, 0.2) is 11.5 Å². The number of hydrogen-bond donors (Lipinski definition) is 1. The minimum Gasteiger partial charge on any atom is -0.486 e. The van der Waals surface area contributed by atoms with Crippen molar-refractivity contribution in [1.82, 2.24) is 4.98 Å². The molecule has 0 radical (unpaired) electrons. The molecule has 0 saturated carbocycles. The lowest BCUT2D eigenvalue weighted by atomic mass is 9.95. The summed E-state index contributed by atoms with van der Waals surface area (Å²) in [6, 6.07) is 19.6. The average molecular weight is 417 g/mol. The van der Waals surface area contributed by atoms with Crippen molar-refractivity contribution in [2.24, 2.45) is 0 Å². The summed E-state index contributed by atoms with van der Waals surface area (Å²) in [6.45, 7) is 1.26. The number of halogens is 1. The van der Waals surface area contributed by atoms with Gasteiger partial charge in [0.2, 0.25) is 0 Å². The van der Waals surface area contributed by atoms with E-state index in [0.29, 0.717) is 58.9 Å². The Bertz CT molecular complexity index is 1300. The van der Waals surface area contributed by atoms with Crippen LogP contribution in [0.15, 0.2) is 71.5 Å². The highest BCUT2D eigenvalue weighted by molar-refractivity contribution is 5.98. The van der Waals surface area contributed by atoms with E-state index >= 15 is 0 Å². The molecule has 3 aromatic carbocycles. The van der Waals surface area contributed by atoms with Crippen molar-refractivity contribution < 1.29 is 18.6 Å². The van der Waals surface area contributed by atoms with Gasteiger partial charge in [-0.25, -0.2) is 4.39 Å². The molecule has 1 aliphatic rings. The molecule has 0 atom stereocenters. The second-order valence-electron chi connectivity index (χ2n) is 7.31. The Labute approximate surface area is 178 Å². The van der Waals surface area contributed by atoms with Crippen LogP contribution in [0, 0.1) is 5.82 Å². The number of nitrogens with one attached hydrogen (secondary N) is 1. The predicted molar refractivity (Wildman–Crippen MR) is 116 cm³/mol. The van der Waals surface area contributed by atoms with Gasteiger partial charge in [-0.05, 0) is 17.7 Å². The van der Waals surface area contributed by atoms with Gasteiger partial charge in [-0.15, -0.1) is 0 Å². The van der Waals surface area contributed by atoms with E-state index < -0.39 is 5.82 Å². The molecule has 0 fully saturated rings. The minimum atomic E-state index is -0.409. The lowest BCUT2D eigenvalue weighted by Crippen LogP contribution is -2.18. The molecule has 1 aromatic heterocycles. The first-order valence-corrected chi connectivity index (χ1v) is 10.1. The molecule has 5 rings (SSSR count). The Hall–Kier alpha value is -3.64. The van der Waals surface area contributed by atoms with Crippen molar-refractivity contribution in [2.75, 3.05) is 13.2 Å². The van der Waals surface area contributed by atoms with Gasteiger partial charge in [-0.1, -0.05) is 48.5 Å². The van der Waals surface area contributed by atoms with Crippen LogP contribution in [-0.2, 0) is 18.0 Å². The Balaban J connectivity index is 1.64. The van der Waals surface area contributed by atoms with E-state index in [-0.39, 0.29) is 12.2 Å². The van der Waals surface area contributed by atoms with Crippen molar-refractivity contribution in [3.63, 3.8) is 0 Å². The van der Waals surface area contributed by atoms with Gasteiger partial charge in [0.25, 0.3) is 5.56 Å². The van der Waals surface area contributed by atoms with Gasteiger partial charge in [-0.3, -0.25) is 4.79 Å². The highest BCUT2D eigenvalue weighted by atomic mass is 19.1. The molecular weight excluding hydrogens is 397 g/mol. The maximum atomic E-state index is 14.8. The molecule has 31 heavy (non-hydrogen) atoms. The summed E-state index contributed by atoms with van der Waals surface area (Å²) in [5, 5.41) is 0.673. The standard InChI is InChI=1S/C25H20FNO4/c26-20-9-5-4-8-17(20)24-18-12-22-23(31-11-10-30-22)13-21(18)27-25(28)19(24)15-29-14-16-6-2-1-3-7-16/h1-9,12-13H,10-11,14-15H2,(H,27,28). The number of aromatic nitrogens is 1. The van der Waals surface area contributed by atoms with Crippen LogP contribution in [-0.4, -0.2) is 18.2 Å². The zero-order chi connectivity index (χ0) is 21.2. The first-order chi connectivity index (χ1) is 15.2. The molecule has 1 N–H and O–H groups in total. The molecule has 2 heterocycles. The Morgan fingerprint density at radius 3 is 2.39 bits per heavy atom. The quantitative estimate of drug-likeness (QED) is 0.506. The summed E-state index contributed by atoms with van der Waals surface area (Å²) in [4.78, 5) is 15.9. The second kappa shape index (κ2) is 8.24. The fourth-order valence-electron chi connectivity index (χ4n) is 3.83. The second-order valence-corrected chi connectivity index (χ2v) is 7.31. The molecular formula is C25H20FNO4.